The summed E-state index contributed by atoms with van der Waals surface area (Å²) in [6, 6.07) is 21.3. The highest BCUT2D eigenvalue weighted by atomic mass is 79.9. The lowest BCUT2D eigenvalue weighted by atomic mass is 10.1. The Morgan fingerprint density at radius 3 is 2.29 bits per heavy atom. The van der Waals surface area contributed by atoms with Crippen LogP contribution in [0.15, 0.2) is 80.4 Å². The van der Waals surface area contributed by atoms with Crippen molar-refractivity contribution in [2.75, 3.05) is 0 Å². The summed E-state index contributed by atoms with van der Waals surface area (Å²) in [5.41, 5.74) is 4.33. The SMILES string of the molecule is Cc1ccc(-c2oc3ccc(C)cc3c(=O)c2OCc2ccc(Br)cc2)cc1. The van der Waals surface area contributed by atoms with E-state index in [4.69, 9.17) is 9.15 Å². The van der Waals surface area contributed by atoms with Gasteiger partial charge in [0.25, 0.3) is 0 Å². The van der Waals surface area contributed by atoms with Crippen molar-refractivity contribution in [2.45, 2.75) is 20.5 Å². The first-order chi connectivity index (χ1) is 13.5. The first-order valence-electron chi connectivity index (χ1n) is 9.03. The average molecular weight is 435 g/mol. The molecule has 4 rings (SSSR count). The van der Waals surface area contributed by atoms with Crippen LogP contribution in [0.4, 0.5) is 0 Å². The Hall–Kier alpha value is -2.85. The molecule has 0 saturated heterocycles. The van der Waals surface area contributed by atoms with Crippen LogP contribution >= 0.6 is 15.9 Å². The van der Waals surface area contributed by atoms with Crippen molar-refractivity contribution >= 4 is 26.9 Å². The van der Waals surface area contributed by atoms with E-state index in [-0.39, 0.29) is 17.8 Å². The number of hydrogen-bond donors (Lipinski definition) is 0. The predicted octanol–water partition coefficient (Wildman–Crippen LogP) is 6.42. The molecular formula is C24H19BrO3. The lowest BCUT2D eigenvalue weighted by Gasteiger charge is -2.12. The molecule has 3 aromatic carbocycles. The standard InChI is InChI=1S/C24H19BrO3/c1-15-3-8-18(9-4-15)23-24(27-14-17-6-10-19(25)11-7-17)22(26)20-13-16(2)5-12-21(20)28-23/h3-13H,14H2,1-2H3. The summed E-state index contributed by atoms with van der Waals surface area (Å²) in [6.07, 6.45) is 0. The molecule has 1 heterocycles. The fourth-order valence-corrected chi connectivity index (χ4v) is 3.32. The van der Waals surface area contributed by atoms with Crippen LogP contribution in [0.25, 0.3) is 22.3 Å². The van der Waals surface area contributed by atoms with Gasteiger partial charge in [0, 0.05) is 10.0 Å². The third kappa shape index (κ3) is 3.73. The zero-order valence-corrected chi connectivity index (χ0v) is 17.2. The van der Waals surface area contributed by atoms with Gasteiger partial charge in [-0.1, -0.05) is 69.5 Å². The van der Waals surface area contributed by atoms with Crippen LogP contribution in [0.2, 0.25) is 0 Å². The van der Waals surface area contributed by atoms with Crippen LogP contribution in [-0.2, 0) is 6.61 Å². The second kappa shape index (κ2) is 7.64. The number of aryl methyl sites for hydroxylation is 2. The van der Waals surface area contributed by atoms with Crippen LogP contribution in [0, 0.1) is 13.8 Å². The molecule has 1 aromatic heterocycles. The van der Waals surface area contributed by atoms with E-state index in [0.29, 0.717) is 16.7 Å². The van der Waals surface area contributed by atoms with Gasteiger partial charge in [-0.15, -0.1) is 0 Å². The van der Waals surface area contributed by atoms with Crippen molar-refractivity contribution in [1.29, 1.82) is 0 Å². The van der Waals surface area contributed by atoms with Crippen LogP contribution in [-0.4, -0.2) is 0 Å². The first-order valence-corrected chi connectivity index (χ1v) is 9.82. The van der Waals surface area contributed by atoms with Gasteiger partial charge in [0.2, 0.25) is 11.2 Å². The van der Waals surface area contributed by atoms with Gasteiger partial charge in [0.1, 0.15) is 12.2 Å². The molecule has 4 aromatic rings. The Labute approximate surface area is 171 Å². The van der Waals surface area contributed by atoms with Crippen molar-refractivity contribution in [2.24, 2.45) is 0 Å². The summed E-state index contributed by atoms with van der Waals surface area (Å²) in [5, 5.41) is 0.529. The van der Waals surface area contributed by atoms with Gasteiger partial charge in [-0.25, -0.2) is 0 Å². The topological polar surface area (TPSA) is 39.4 Å². The minimum Gasteiger partial charge on any atom is -0.481 e. The van der Waals surface area contributed by atoms with E-state index in [0.717, 1.165) is 26.7 Å². The number of halogens is 1. The molecule has 28 heavy (non-hydrogen) atoms. The van der Waals surface area contributed by atoms with Crippen molar-refractivity contribution in [1.82, 2.24) is 0 Å². The van der Waals surface area contributed by atoms with Crippen molar-refractivity contribution < 1.29 is 9.15 Å². The summed E-state index contributed by atoms with van der Waals surface area (Å²) >= 11 is 3.43. The second-order valence-corrected chi connectivity index (χ2v) is 7.79. The molecule has 140 valence electrons. The fraction of sp³-hybridized carbons (Fsp3) is 0.125. The highest BCUT2D eigenvalue weighted by molar-refractivity contribution is 9.10. The summed E-state index contributed by atoms with van der Waals surface area (Å²) in [4.78, 5) is 13.2. The molecule has 0 aliphatic carbocycles. The average Bonchev–Trinajstić information content (AvgIpc) is 2.69. The van der Waals surface area contributed by atoms with Crippen molar-refractivity contribution in [3.8, 4) is 17.1 Å². The van der Waals surface area contributed by atoms with Gasteiger partial charge in [-0.05, 0) is 43.7 Å². The van der Waals surface area contributed by atoms with E-state index < -0.39 is 0 Å². The number of fused-ring (bicyclic) bond motifs is 1. The van der Waals surface area contributed by atoms with Gasteiger partial charge < -0.3 is 9.15 Å². The molecule has 0 N–H and O–H groups in total. The maximum Gasteiger partial charge on any atom is 0.235 e. The van der Waals surface area contributed by atoms with Crippen LogP contribution < -0.4 is 10.2 Å². The molecule has 0 amide bonds. The van der Waals surface area contributed by atoms with Gasteiger partial charge in [-0.2, -0.15) is 0 Å². The van der Waals surface area contributed by atoms with Gasteiger partial charge in [-0.3, -0.25) is 4.79 Å². The lowest BCUT2D eigenvalue weighted by Crippen LogP contribution is -2.10. The fourth-order valence-electron chi connectivity index (χ4n) is 3.05. The number of ether oxygens (including phenoxy) is 1. The summed E-state index contributed by atoms with van der Waals surface area (Å²) in [5.74, 6) is 0.698. The Bertz CT molecular complexity index is 1190. The van der Waals surface area contributed by atoms with Gasteiger partial charge in [0.15, 0.2) is 5.76 Å². The van der Waals surface area contributed by atoms with Gasteiger partial charge in [0.05, 0.1) is 5.39 Å². The minimum atomic E-state index is -0.155. The molecule has 0 atom stereocenters. The van der Waals surface area contributed by atoms with E-state index in [9.17, 15) is 4.79 Å². The number of rotatable bonds is 4. The zero-order chi connectivity index (χ0) is 19.7. The van der Waals surface area contributed by atoms with E-state index in [1.807, 2.05) is 80.6 Å². The third-order valence-corrected chi connectivity index (χ3v) is 5.14. The summed E-state index contributed by atoms with van der Waals surface area (Å²) in [7, 11) is 0. The number of hydrogen-bond acceptors (Lipinski definition) is 3. The molecule has 0 bridgehead atoms. The molecule has 0 aliphatic heterocycles. The lowest BCUT2D eigenvalue weighted by molar-refractivity contribution is 0.298. The van der Waals surface area contributed by atoms with Crippen molar-refractivity contribution in [3.63, 3.8) is 0 Å². The zero-order valence-electron chi connectivity index (χ0n) is 15.7. The molecule has 3 nitrogen and oxygen atoms in total. The highest BCUT2D eigenvalue weighted by Gasteiger charge is 2.18. The van der Waals surface area contributed by atoms with Crippen LogP contribution in [0.3, 0.4) is 0 Å². The molecule has 0 saturated carbocycles. The highest BCUT2D eigenvalue weighted by Crippen LogP contribution is 2.32. The van der Waals surface area contributed by atoms with E-state index >= 15 is 0 Å². The van der Waals surface area contributed by atoms with Gasteiger partial charge >= 0.3 is 0 Å². The maximum atomic E-state index is 13.2. The summed E-state index contributed by atoms with van der Waals surface area (Å²) in [6.45, 7) is 4.26. The molecule has 0 aliphatic rings. The molecule has 0 spiro atoms. The minimum absolute atomic E-state index is 0.155. The third-order valence-electron chi connectivity index (χ3n) is 4.61. The molecule has 0 unspecified atom stereocenters. The summed E-state index contributed by atoms with van der Waals surface area (Å²) < 4.78 is 13.1. The molecule has 4 heteroatoms. The Kier molecular flexibility index (Phi) is 5.05. The van der Waals surface area contributed by atoms with E-state index in [1.165, 1.54) is 0 Å². The predicted molar refractivity (Wildman–Crippen MR) is 116 cm³/mol. The molecular weight excluding hydrogens is 416 g/mol. The van der Waals surface area contributed by atoms with Crippen molar-refractivity contribution in [3.05, 3.63) is 98.1 Å². The normalized spacial score (nSPS) is 11.0. The van der Waals surface area contributed by atoms with Crippen LogP contribution in [0.5, 0.6) is 5.75 Å². The van der Waals surface area contributed by atoms with E-state index in [1.54, 1.807) is 0 Å². The Balaban J connectivity index is 1.84. The second-order valence-electron chi connectivity index (χ2n) is 6.87. The molecule has 0 radical (unpaired) electrons. The van der Waals surface area contributed by atoms with Crippen LogP contribution in [0.1, 0.15) is 16.7 Å². The smallest absolute Gasteiger partial charge is 0.235 e. The van der Waals surface area contributed by atoms with E-state index in [2.05, 4.69) is 15.9 Å². The largest absolute Gasteiger partial charge is 0.481 e. The Morgan fingerprint density at radius 2 is 1.57 bits per heavy atom. The monoisotopic (exact) mass is 434 g/mol. The molecule has 0 fully saturated rings. The maximum absolute atomic E-state index is 13.2. The Morgan fingerprint density at radius 1 is 0.893 bits per heavy atom. The first kappa shape index (κ1) is 18.5. The quantitative estimate of drug-likeness (QED) is 0.372. The number of benzene rings is 3.